The Bertz CT molecular complexity index is 2270. The van der Waals surface area contributed by atoms with Crippen molar-refractivity contribution in [1.29, 1.82) is 0 Å². The molecular weight excluding hydrogens is 797 g/mol. The minimum absolute atomic E-state index is 0.00141. The molecule has 5 fully saturated rings. The molecular formula is C51H70N4O8. The van der Waals surface area contributed by atoms with Gasteiger partial charge in [-0.15, -0.1) is 10.2 Å². The molecule has 2 aromatic rings. The normalized spacial score (nSPS) is 36.6. The Kier molecular flexibility index (Phi) is 10.7. The quantitative estimate of drug-likeness (QED) is 0.206. The molecule has 0 bridgehead atoms. The van der Waals surface area contributed by atoms with Crippen LogP contribution in [0, 0.1) is 69.5 Å². The molecule has 2 amide bonds. The molecule has 6 aliphatic carbocycles. The zero-order valence-corrected chi connectivity index (χ0v) is 39.6. The highest BCUT2D eigenvalue weighted by atomic mass is 16.5. The number of carbonyl (C=O) groups excluding carboxylic acids is 4. The Morgan fingerprint density at radius 2 is 1.52 bits per heavy atom. The van der Waals surface area contributed by atoms with E-state index in [9.17, 15) is 29.1 Å². The third-order valence-electron chi connectivity index (χ3n) is 18.7. The fraction of sp³-hybridized carbons (Fsp3) is 0.706. The van der Waals surface area contributed by atoms with Gasteiger partial charge >= 0.3 is 11.9 Å². The average molecular weight is 867 g/mol. The summed E-state index contributed by atoms with van der Waals surface area (Å²) in [6.45, 7) is 25.2. The van der Waals surface area contributed by atoms with Crippen molar-refractivity contribution < 1.29 is 38.2 Å². The van der Waals surface area contributed by atoms with Crippen LogP contribution in [0.15, 0.2) is 39.8 Å². The van der Waals surface area contributed by atoms with Gasteiger partial charge in [0, 0.05) is 29.9 Å². The topological polar surface area (TPSA) is 178 Å². The molecule has 0 spiro atoms. The van der Waals surface area contributed by atoms with E-state index in [2.05, 4.69) is 69.3 Å². The number of aromatic nitrogens is 2. The minimum Gasteiger partial charge on any atom is -0.481 e. The number of hydrogen-bond acceptors (Lipinski definition) is 9. The first-order valence-electron chi connectivity index (χ1n) is 23.5. The fourth-order valence-electron chi connectivity index (χ4n) is 14.9. The van der Waals surface area contributed by atoms with E-state index in [-0.39, 0.29) is 69.6 Å². The summed E-state index contributed by atoms with van der Waals surface area (Å²) >= 11 is 0. The van der Waals surface area contributed by atoms with Crippen molar-refractivity contribution in [3.05, 3.63) is 46.9 Å². The number of rotatable bonds is 9. The standard InChI is InChI=1S/C51H70N4O8/c1-27(2)38-34(56)26-51(53-44(61)47(8,9)52-40(57)29-13-15-30(16-14-29)41-55-54-28(3)62-41)24-23-49(11)31(39(38)51)17-18-36-48(10)21-20-37(46(6,7)35(48)19-22-50(36,49)12)63-43(60)33-25-32(42(58)59)45(33,4)5/h13-16,27,31-33,35-37H,17-26H2,1-12H3,(H,52,57)(H,53,61)(H,58,59)/t31-,32+,33-,35?,36-,37+,48+,49-,50-,51-/m1/s1. The van der Waals surface area contributed by atoms with Crippen LogP contribution >= 0.6 is 0 Å². The van der Waals surface area contributed by atoms with E-state index in [0.717, 1.165) is 56.1 Å². The number of carbonyl (C=O) groups is 5. The SMILES string of the molecule is Cc1nnc(-c2ccc(C(=O)NC(C)(C)C(=O)N[C@@]34CC[C@]5(C)[C@H](CC[C@@H]6[C@@]7(C)CC[C@H](OC(=O)[C@H]8C[C@@H](C(=O)O)C8(C)C)C(C)(C)C7CC[C@]65C)C3=C(C(C)C)C(=O)C4)cc2)o1. The van der Waals surface area contributed by atoms with Crippen LogP contribution in [0.1, 0.15) is 157 Å². The molecule has 12 nitrogen and oxygen atoms in total. The minimum atomic E-state index is -1.28. The fourth-order valence-corrected chi connectivity index (χ4v) is 14.9. The van der Waals surface area contributed by atoms with E-state index >= 15 is 0 Å². The van der Waals surface area contributed by atoms with E-state index < -0.39 is 34.3 Å². The van der Waals surface area contributed by atoms with Gasteiger partial charge in [0.05, 0.1) is 17.4 Å². The summed E-state index contributed by atoms with van der Waals surface area (Å²) in [7, 11) is 0. The molecule has 1 aromatic heterocycles. The molecule has 12 heteroatoms. The van der Waals surface area contributed by atoms with Gasteiger partial charge < -0.3 is 24.9 Å². The lowest BCUT2D eigenvalue weighted by molar-refractivity contribution is -0.235. The van der Waals surface area contributed by atoms with E-state index in [1.807, 2.05) is 13.8 Å². The Morgan fingerprint density at radius 1 is 0.841 bits per heavy atom. The number of carboxylic acid groups (broad SMARTS) is 1. The molecule has 0 radical (unpaired) electrons. The molecule has 342 valence electrons. The van der Waals surface area contributed by atoms with Crippen LogP contribution in [0.25, 0.3) is 11.5 Å². The molecule has 63 heavy (non-hydrogen) atoms. The molecule has 0 saturated heterocycles. The van der Waals surface area contributed by atoms with Crippen LogP contribution in [0.2, 0.25) is 0 Å². The van der Waals surface area contributed by atoms with Crippen LogP contribution in [0.5, 0.6) is 0 Å². The largest absolute Gasteiger partial charge is 0.481 e. The van der Waals surface area contributed by atoms with Crippen LogP contribution in [-0.2, 0) is 23.9 Å². The number of benzene rings is 1. The average Bonchev–Trinajstić information content (AvgIpc) is 3.75. The highest BCUT2D eigenvalue weighted by Crippen LogP contribution is 2.76. The predicted octanol–water partition coefficient (Wildman–Crippen LogP) is 9.06. The van der Waals surface area contributed by atoms with Gasteiger partial charge in [-0.2, -0.15) is 0 Å². The third kappa shape index (κ3) is 6.75. The summed E-state index contributed by atoms with van der Waals surface area (Å²) < 4.78 is 12.0. The molecule has 1 aromatic carbocycles. The number of carboxylic acids is 1. The number of ketones is 1. The molecule has 5 saturated carbocycles. The number of nitrogens with one attached hydrogen (secondary N) is 2. The second kappa shape index (κ2) is 14.8. The number of allylic oxidation sites excluding steroid dienone is 1. The summed E-state index contributed by atoms with van der Waals surface area (Å²) in [5.41, 5.74) is -0.0789. The van der Waals surface area contributed by atoms with Gasteiger partial charge in [-0.05, 0) is 152 Å². The zero-order valence-electron chi connectivity index (χ0n) is 39.6. The Labute approximate surface area is 372 Å². The molecule has 0 aliphatic heterocycles. The van der Waals surface area contributed by atoms with Crippen molar-refractivity contribution in [2.75, 3.05) is 0 Å². The van der Waals surface area contributed by atoms with E-state index in [0.29, 0.717) is 47.6 Å². The number of aliphatic carboxylic acids is 1. The smallest absolute Gasteiger partial charge is 0.309 e. The molecule has 6 aliphatic rings. The van der Waals surface area contributed by atoms with E-state index in [1.54, 1.807) is 45.0 Å². The number of fused-ring (bicyclic) bond motifs is 7. The monoisotopic (exact) mass is 867 g/mol. The number of hydrogen-bond donors (Lipinski definition) is 3. The summed E-state index contributed by atoms with van der Waals surface area (Å²) in [6, 6.07) is 6.83. The molecule has 8 rings (SSSR count). The molecule has 3 N–H and O–H groups in total. The lowest BCUT2D eigenvalue weighted by Crippen LogP contribution is -2.68. The van der Waals surface area contributed by atoms with Crippen molar-refractivity contribution in [3.8, 4) is 11.5 Å². The molecule has 1 unspecified atom stereocenters. The number of amides is 2. The first kappa shape index (κ1) is 45.2. The van der Waals surface area contributed by atoms with Gasteiger partial charge in [0.15, 0.2) is 5.78 Å². The summed E-state index contributed by atoms with van der Waals surface area (Å²) in [5, 5.41) is 24.1. The van der Waals surface area contributed by atoms with Crippen molar-refractivity contribution in [2.45, 2.75) is 164 Å². The Morgan fingerprint density at radius 3 is 2.13 bits per heavy atom. The lowest BCUT2D eigenvalue weighted by atomic mass is 9.33. The number of aryl methyl sites for hydroxylation is 1. The van der Waals surface area contributed by atoms with Crippen molar-refractivity contribution >= 4 is 29.5 Å². The Hall–Kier alpha value is -4.35. The summed E-state index contributed by atoms with van der Waals surface area (Å²) in [5.74, 6) is -0.962. The van der Waals surface area contributed by atoms with E-state index in [1.165, 1.54) is 0 Å². The first-order chi connectivity index (χ1) is 29.2. The van der Waals surface area contributed by atoms with Crippen molar-refractivity contribution in [2.24, 2.45) is 62.6 Å². The predicted molar refractivity (Wildman–Crippen MR) is 237 cm³/mol. The Balaban J connectivity index is 1.01. The van der Waals surface area contributed by atoms with Crippen LogP contribution < -0.4 is 10.6 Å². The van der Waals surface area contributed by atoms with Crippen LogP contribution in [0.3, 0.4) is 0 Å². The van der Waals surface area contributed by atoms with Crippen molar-refractivity contribution in [3.63, 3.8) is 0 Å². The van der Waals surface area contributed by atoms with E-state index in [4.69, 9.17) is 9.15 Å². The number of nitrogens with zero attached hydrogens (tertiary/aromatic N) is 2. The van der Waals surface area contributed by atoms with Gasteiger partial charge in [0.2, 0.25) is 17.7 Å². The van der Waals surface area contributed by atoms with Crippen LogP contribution in [-0.4, -0.2) is 62.0 Å². The van der Waals surface area contributed by atoms with Gasteiger partial charge in [-0.1, -0.05) is 62.3 Å². The summed E-state index contributed by atoms with van der Waals surface area (Å²) in [6.07, 6.45) is 7.54. The van der Waals surface area contributed by atoms with Crippen molar-refractivity contribution in [1.82, 2.24) is 20.8 Å². The van der Waals surface area contributed by atoms with Crippen LogP contribution in [0.4, 0.5) is 0 Å². The maximum atomic E-state index is 14.5. The summed E-state index contributed by atoms with van der Waals surface area (Å²) in [4.78, 5) is 67.9. The molecule has 10 atom stereocenters. The van der Waals surface area contributed by atoms with Gasteiger partial charge in [-0.25, -0.2) is 0 Å². The van der Waals surface area contributed by atoms with Gasteiger partial charge in [-0.3, -0.25) is 24.0 Å². The number of esters is 1. The first-order valence-corrected chi connectivity index (χ1v) is 23.5. The second-order valence-corrected chi connectivity index (χ2v) is 23.3. The van der Waals surface area contributed by atoms with Gasteiger partial charge in [0.1, 0.15) is 11.6 Å². The number of ether oxygens (including phenoxy) is 1. The second-order valence-electron chi connectivity index (χ2n) is 23.3. The number of Topliss-reactive ketones (excluding diaryl/α,β-unsaturated/α-hetero) is 1. The lowest BCUT2D eigenvalue weighted by Gasteiger charge is -2.72. The zero-order chi connectivity index (χ0) is 46.0. The highest BCUT2D eigenvalue weighted by molar-refractivity contribution is 6.03. The highest BCUT2D eigenvalue weighted by Gasteiger charge is 2.71. The maximum absolute atomic E-state index is 14.5. The molecule has 1 heterocycles. The maximum Gasteiger partial charge on any atom is 0.309 e. The van der Waals surface area contributed by atoms with Gasteiger partial charge in [0.25, 0.3) is 5.91 Å². The third-order valence-corrected chi connectivity index (χ3v) is 18.7.